The number of nitrogens with one attached hydrogen (secondary N) is 1. The van der Waals surface area contributed by atoms with Crippen molar-refractivity contribution in [2.75, 3.05) is 53.0 Å². The Morgan fingerprint density at radius 2 is 2.16 bits per heavy atom. The molecule has 1 aliphatic carbocycles. The molecule has 1 unspecified atom stereocenters. The summed E-state index contributed by atoms with van der Waals surface area (Å²) in [6.07, 6.45) is 2.66. The molecule has 1 saturated heterocycles. The summed E-state index contributed by atoms with van der Waals surface area (Å²) in [6, 6.07) is 0.427. The van der Waals surface area contributed by atoms with Gasteiger partial charge in [-0.1, -0.05) is 0 Å². The van der Waals surface area contributed by atoms with Crippen LogP contribution in [-0.4, -0.2) is 74.7 Å². The predicted molar refractivity (Wildman–Crippen MR) is 75.1 cm³/mol. The molecule has 19 heavy (non-hydrogen) atoms. The molecule has 0 aromatic carbocycles. The summed E-state index contributed by atoms with van der Waals surface area (Å²) < 4.78 is 5.12. The van der Waals surface area contributed by atoms with E-state index in [1.54, 1.807) is 7.11 Å². The summed E-state index contributed by atoms with van der Waals surface area (Å²) in [5.41, 5.74) is 0. The van der Waals surface area contributed by atoms with Gasteiger partial charge in [0, 0.05) is 39.3 Å². The maximum Gasteiger partial charge on any atom is 0.236 e. The molecule has 0 spiro atoms. The number of carbonyl (C=O) groups is 1. The Morgan fingerprint density at radius 3 is 2.79 bits per heavy atom. The smallest absolute Gasteiger partial charge is 0.236 e. The van der Waals surface area contributed by atoms with E-state index in [1.165, 1.54) is 12.8 Å². The standard InChI is InChI=1S/C14H27N3O2/c1-12-11-17(6-5-16(12)7-8-19-2)14(18)10-15-9-13-3-4-13/h12-13,15H,3-11H2,1-2H3. The van der Waals surface area contributed by atoms with Crippen molar-refractivity contribution in [1.29, 1.82) is 0 Å². The highest BCUT2D eigenvalue weighted by molar-refractivity contribution is 5.78. The highest BCUT2D eigenvalue weighted by atomic mass is 16.5. The minimum atomic E-state index is 0.249. The van der Waals surface area contributed by atoms with Crippen molar-refractivity contribution in [3.63, 3.8) is 0 Å². The molecular formula is C14H27N3O2. The third-order valence-electron chi connectivity index (χ3n) is 4.11. The molecule has 110 valence electrons. The summed E-state index contributed by atoms with van der Waals surface area (Å²) in [6.45, 7) is 8.06. The fraction of sp³-hybridized carbons (Fsp3) is 0.929. The number of hydrogen-bond acceptors (Lipinski definition) is 4. The molecule has 2 fully saturated rings. The number of nitrogens with zero attached hydrogens (tertiary/aromatic N) is 2. The van der Waals surface area contributed by atoms with Crippen molar-refractivity contribution in [2.45, 2.75) is 25.8 Å². The number of carbonyl (C=O) groups excluding carboxylic acids is 1. The number of piperazine rings is 1. The number of amides is 1. The van der Waals surface area contributed by atoms with E-state index in [-0.39, 0.29) is 5.91 Å². The predicted octanol–water partition coefficient (Wildman–Crippen LogP) is 0.165. The van der Waals surface area contributed by atoms with E-state index in [9.17, 15) is 4.79 Å². The molecular weight excluding hydrogens is 242 g/mol. The van der Waals surface area contributed by atoms with Crippen LogP contribution in [0.15, 0.2) is 0 Å². The second kappa shape index (κ2) is 7.22. The van der Waals surface area contributed by atoms with Crippen LogP contribution in [0.5, 0.6) is 0 Å². The van der Waals surface area contributed by atoms with Crippen LogP contribution in [0.25, 0.3) is 0 Å². The largest absolute Gasteiger partial charge is 0.383 e. The van der Waals surface area contributed by atoms with Gasteiger partial charge >= 0.3 is 0 Å². The Balaban J connectivity index is 1.65. The van der Waals surface area contributed by atoms with Crippen LogP contribution in [0.1, 0.15) is 19.8 Å². The van der Waals surface area contributed by atoms with Gasteiger partial charge in [0.05, 0.1) is 13.2 Å². The molecule has 2 aliphatic rings. The molecule has 1 atom stereocenters. The maximum absolute atomic E-state index is 12.1. The van der Waals surface area contributed by atoms with E-state index >= 15 is 0 Å². The van der Waals surface area contributed by atoms with Crippen molar-refractivity contribution >= 4 is 5.91 Å². The second-order valence-corrected chi connectivity index (χ2v) is 5.79. The highest BCUT2D eigenvalue weighted by Gasteiger charge is 2.26. The van der Waals surface area contributed by atoms with Gasteiger partial charge in [-0.15, -0.1) is 0 Å². The first kappa shape index (κ1) is 14.8. The number of methoxy groups -OCH3 is 1. The van der Waals surface area contributed by atoms with Gasteiger partial charge in [-0.25, -0.2) is 0 Å². The lowest BCUT2D eigenvalue weighted by Crippen LogP contribution is -2.55. The van der Waals surface area contributed by atoms with E-state index in [2.05, 4.69) is 17.1 Å². The van der Waals surface area contributed by atoms with Gasteiger partial charge in [0.15, 0.2) is 0 Å². The van der Waals surface area contributed by atoms with Crippen molar-refractivity contribution in [3.05, 3.63) is 0 Å². The van der Waals surface area contributed by atoms with E-state index in [4.69, 9.17) is 4.74 Å². The summed E-state index contributed by atoms with van der Waals surface area (Å²) in [7, 11) is 1.73. The fourth-order valence-corrected chi connectivity index (χ4v) is 2.58. The van der Waals surface area contributed by atoms with E-state index in [0.717, 1.165) is 45.2 Å². The Morgan fingerprint density at radius 1 is 1.37 bits per heavy atom. The van der Waals surface area contributed by atoms with Crippen molar-refractivity contribution in [3.8, 4) is 0 Å². The van der Waals surface area contributed by atoms with Gasteiger partial charge in [-0.05, 0) is 32.2 Å². The Bertz CT molecular complexity index is 294. The number of ether oxygens (including phenoxy) is 1. The van der Waals surface area contributed by atoms with E-state index in [1.807, 2.05) is 4.90 Å². The number of hydrogen-bond donors (Lipinski definition) is 1. The molecule has 1 N–H and O–H groups in total. The van der Waals surface area contributed by atoms with Crippen LogP contribution in [0.4, 0.5) is 0 Å². The summed E-state index contributed by atoms with van der Waals surface area (Å²) in [5, 5.41) is 3.28. The lowest BCUT2D eigenvalue weighted by atomic mass is 10.2. The molecule has 0 radical (unpaired) electrons. The van der Waals surface area contributed by atoms with Crippen LogP contribution in [-0.2, 0) is 9.53 Å². The third-order valence-corrected chi connectivity index (χ3v) is 4.11. The zero-order chi connectivity index (χ0) is 13.7. The lowest BCUT2D eigenvalue weighted by Gasteiger charge is -2.39. The van der Waals surface area contributed by atoms with Gasteiger partial charge in [-0.3, -0.25) is 9.69 Å². The molecule has 2 rings (SSSR count). The Kier molecular flexibility index (Phi) is 5.60. The normalized spacial score (nSPS) is 24.7. The molecule has 1 heterocycles. The Labute approximate surface area is 116 Å². The average Bonchev–Trinajstić information content (AvgIpc) is 3.21. The van der Waals surface area contributed by atoms with E-state index < -0.39 is 0 Å². The van der Waals surface area contributed by atoms with Crippen LogP contribution in [0.2, 0.25) is 0 Å². The molecule has 5 heteroatoms. The summed E-state index contributed by atoms with van der Waals surface area (Å²) in [5.74, 6) is 1.08. The van der Waals surface area contributed by atoms with Crippen molar-refractivity contribution in [1.82, 2.24) is 15.1 Å². The lowest BCUT2D eigenvalue weighted by molar-refractivity contribution is -0.133. The molecule has 1 aliphatic heterocycles. The van der Waals surface area contributed by atoms with Crippen LogP contribution in [0.3, 0.4) is 0 Å². The quantitative estimate of drug-likeness (QED) is 0.715. The van der Waals surface area contributed by atoms with Gasteiger partial charge < -0.3 is 15.0 Å². The topological polar surface area (TPSA) is 44.8 Å². The molecule has 0 bridgehead atoms. The first-order valence-corrected chi connectivity index (χ1v) is 7.42. The minimum Gasteiger partial charge on any atom is -0.383 e. The van der Waals surface area contributed by atoms with Crippen molar-refractivity contribution < 1.29 is 9.53 Å². The molecule has 0 aromatic rings. The van der Waals surface area contributed by atoms with Crippen molar-refractivity contribution in [2.24, 2.45) is 5.92 Å². The summed E-state index contributed by atoms with van der Waals surface area (Å²) >= 11 is 0. The minimum absolute atomic E-state index is 0.249. The monoisotopic (exact) mass is 269 g/mol. The molecule has 1 saturated carbocycles. The maximum atomic E-state index is 12.1. The SMILES string of the molecule is COCCN1CCN(C(=O)CNCC2CC2)CC1C. The first-order valence-electron chi connectivity index (χ1n) is 7.42. The molecule has 0 aromatic heterocycles. The summed E-state index contributed by atoms with van der Waals surface area (Å²) in [4.78, 5) is 16.5. The average molecular weight is 269 g/mol. The van der Waals surface area contributed by atoms with Gasteiger partial charge in [-0.2, -0.15) is 0 Å². The van der Waals surface area contributed by atoms with E-state index in [0.29, 0.717) is 12.6 Å². The highest BCUT2D eigenvalue weighted by Crippen LogP contribution is 2.27. The molecule has 5 nitrogen and oxygen atoms in total. The van der Waals surface area contributed by atoms with Crippen LogP contribution >= 0.6 is 0 Å². The van der Waals surface area contributed by atoms with Gasteiger partial charge in [0.2, 0.25) is 5.91 Å². The Hall–Kier alpha value is -0.650. The van der Waals surface area contributed by atoms with Gasteiger partial charge in [0.1, 0.15) is 0 Å². The zero-order valence-electron chi connectivity index (χ0n) is 12.2. The molecule has 1 amide bonds. The van der Waals surface area contributed by atoms with Gasteiger partial charge in [0.25, 0.3) is 0 Å². The first-order chi connectivity index (χ1) is 9.20. The van der Waals surface area contributed by atoms with Crippen LogP contribution < -0.4 is 5.32 Å². The zero-order valence-corrected chi connectivity index (χ0v) is 12.2. The number of rotatable bonds is 7. The third kappa shape index (κ3) is 4.75. The second-order valence-electron chi connectivity index (χ2n) is 5.79. The van der Waals surface area contributed by atoms with Crippen LogP contribution in [0, 0.1) is 5.92 Å². The fourth-order valence-electron chi connectivity index (χ4n) is 2.58.